The molecule has 4 nitrogen and oxygen atoms in total. The van der Waals surface area contributed by atoms with Crippen molar-refractivity contribution in [3.05, 3.63) is 29.8 Å². The second-order valence-electron chi connectivity index (χ2n) is 5.18. The van der Waals surface area contributed by atoms with Crippen LogP contribution in [0.1, 0.15) is 44.6 Å². The summed E-state index contributed by atoms with van der Waals surface area (Å²) in [6.45, 7) is 3.77. The lowest BCUT2D eigenvalue weighted by Crippen LogP contribution is -2.33. The maximum atomic E-state index is 11.7. The lowest BCUT2D eigenvalue weighted by molar-refractivity contribution is -0.126. The van der Waals surface area contributed by atoms with Crippen LogP contribution in [-0.4, -0.2) is 24.3 Å². The summed E-state index contributed by atoms with van der Waals surface area (Å²) in [5.74, 6) is 0.534. The van der Waals surface area contributed by atoms with Crippen molar-refractivity contribution >= 4 is 6.16 Å². The van der Waals surface area contributed by atoms with Crippen molar-refractivity contribution in [2.45, 2.75) is 45.4 Å². The van der Waals surface area contributed by atoms with Gasteiger partial charge in [-0.3, -0.25) is 0 Å². The number of hydrogen-bond acceptors (Lipinski definition) is 4. The summed E-state index contributed by atoms with van der Waals surface area (Å²) in [6.07, 6.45) is 6.12. The minimum Gasteiger partial charge on any atom is -0.394 e. The van der Waals surface area contributed by atoms with Crippen LogP contribution in [0.25, 0.3) is 0 Å². The minimum atomic E-state index is -0.645. The Morgan fingerprint density at radius 3 is 2.50 bits per heavy atom. The van der Waals surface area contributed by atoms with Crippen molar-refractivity contribution in [2.75, 3.05) is 13.1 Å². The molecular formula is C16H23NO3. The number of benzene rings is 1. The van der Waals surface area contributed by atoms with E-state index in [9.17, 15) is 4.79 Å². The summed E-state index contributed by atoms with van der Waals surface area (Å²) in [6, 6.07) is 7.64. The highest BCUT2D eigenvalue weighted by atomic mass is 16.8. The summed E-state index contributed by atoms with van der Waals surface area (Å²) >= 11 is 0. The number of carbonyl (C=O) groups is 1. The summed E-state index contributed by atoms with van der Waals surface area (Å²) in [5.41, 5.74) is 1.27. The summed E-state index contributed by atoms with van der Waals surface area (Å²) in [7, 11) is 0. The summed E-state index contributed by atoms with van der Waals surface area (Å²) in [4.78, 5) is 16.8. The number of unbranched alkanes of at least 4 members (excludes halogenated alkanes) is 1. The van der Waals surface area contributed by atoms with Crippen LogP contribution in [-0.2, 0) is 11.3 Å². The Labute approximate surface area is 120 Å². The zero-order chi connectivity index (χ0) is 14.2. The van der Waals surface area contributed by atoms with E-state index in [0.717, 1.165) is 32.4 Å². The number of nitrogens with zero attached hydrogens (tertiary/aromatic N) is 1. The molecule has 1 saturated heterocycles. The van der Waals surface area contributed by atoms with E-state index < -0.39 is 6.16 Å². The van der Waals surface area contributed by atoms with Gasteiger partial charge in [-0.2, -0.15) is 0 Å². The van der Waals surface area contributed by atoms with E-state index in [1.165, 1.54) is 24.8 Å². The van der Waals surface area contributed by atoms with E-state index in [1.807, 2.05) is 24.3 Å². The number of piperidine rings is 1. The lowest BCUT2D eigenvalue weighted by atomic mass is 10.1. The molecule has 0 bridgehead atoms. The fourth-order valence-corrected chi connectivity index (χ4v) is 2.28. The van der Waals surface area contributed by atoms with Gasteiger partial charge in [-0.25, -0.2) is 4.79 Å². The molecule has 1 aliphatic heterocycles. The van der Waals surface area contributed by atoms with Gasteiger partial charge >= 0.3 is 6.16 Å². The summed E-state index contributed by atoms with van der Waals surface area (Å²) < 4.78 is 5.17. The SMILES string of the molecule is CCCCc1ccc(OC(=O)ON2CCCCC2)cc1. The van der Waals surface area contributed by atoms with Crippen molar-refractivity contribution in [3.63, 3.8) is 0 Å². The number of rotatable bonds is 5. The number of aryl methyl sites for hydroxylation is 1. The van der Waals surface area contributed by atoms with Crippen LogP contribution in [0.3, 0.4) is 0 Å². The van der Waals surface area contributed by atoms with Crippen LogP contribution in [0, 0.1) is 0 Å². The zero-order valence-electron chi connectivity index (χ0n) is 12.1. The van der Waals surface area contributed by atoms with E-state index in [0.29, 0.717) is 5.75 Å². The molecule has 1 aliphatic rings. The van der Waals surface area contributed by atoms with Crippen LogP contribution >= 0.6 is 0 Å². The van der Waals surface area contributed by atoms with Crippen LogP contribution < -0.4 is 4.74 Å². The Kier molecular flexibility index (Phi) is 5.87. The molecule has 2 rings (SSSR count). The van der Waals surface area contributed by atoms with Crippen molar-refractivity contribution in [3.8, 4) is 5.75 Å². The van der Waals surface area contributed by atoms with Crippen molar-refractivity contribution in [2.24, 2.45) is 0 Å². The minimum absolute atomic E-state index is 0.534. The Balaban J connectivity index is 1.78. The Hall–Kier alpha value is -1.55. The van der Waals surface area contributed by atoms with E-state index in [1.54, 1.807) is 5.06 Å². The van der Waals surface area contributed by atoms with Crippen molar-refractivity contribution in [1.29, 1.82) is 0 Å². The first-order valence-corrected chi connectivity index (χ1v) is 7.51. The first-order valence-electron chi connectivity index (χ1n) is 7.51. The van der Waals surface area contributed by atoms with E-state index >= 15 is 0 Å². The normalized spacial score (nSPS) is 15.8. The highest BCUT2D eigenvalue weighted by Gasteiger charge is 2.16. The zero-order valence-corrected chi connectivity index (χ0v) is 12.1. The van der Waals surface area contributed by atoms with E-state index in [2.05, 4.69) is 6.92 Å². The van der Waals surface area contributed by atoms with Crippen LogP contribution in [0.5, 0.6) is 5.75 Å². The molecule has 110 valence electrons. The van der Waals surface area contributed by atoms with Gasteiger partial charge in [0.25, 0.3) is 0 Å². The molecular weight excluding hydrogens is 254 g/mol. The van der Waals surface area contributed by atoms with Crippen LogP contribution in [0.4, 0.5) is 4.79 Å². The maximum Gasteiger partial charge on any atom is 0.533 e. The van der Waals surface area contributed by atoms with Crippen LogP contribution in [0.2, 0.25) is 0 Å². The van der Waals surface area contributed by atoms with Gasteiger partial charge in [0, 0.05) is 13.1 Å². The smallest absolute Gasteiger partial charge is 0.394 e. The first-order chi connectivity index (χ1) is 9.78. The van der Waals surface area contributed by atoms with E-state index in [-0.39, 0.29) is 0 Å². The highest BCUT2D eigenvalue weighted by Crippen LogP contribution is 2.15. The molecule has 4 heteroatoms. The molecule has 0 amide bonds. The molecule has 0 N–H and O–H groups in total. The number of carbonyl (C=O) groups excluding carboxylic acids is 1. The number of hydroxylamine groups is 2. The Morgan fingerprint density at radius 1 is 1.15 bits per heavy atom. The molecule has 0 aromatic heterocycles. The monoisotopic (exact) mass is 277 g/mol. The third-order valence-electron chi connectivity index (χ3n) is 3.46. The molecule has 1 heterocycles. The molecule has 0 aliphatic carbocycles. The predicted octanol–water partition coefficient (Wildman–Crippen LogP) is 3.95. The topological polar surface area (TPSA) is 38.8 Å². The average Bonchev–Trinajstić information content (AvgIpc) is 2.47. The standard InChI is InChI=1S/C16H23NO3/c1-2-3-7-14-8-10-15(11-9-14)19-16(18)20-17-12-5-4-6-13-17/h8-11H,2-7,12-13H2,1H3. The molecule has 0 radical (unpaired) electrons. The molecule has 0 atom stereocenters. The fourth-order valence-electron chi connectivity index (χ4n) is 2.28. The second kappa shape index (κ2) is 7.90. The predicted molar refractivity (Wildman–Crippen MR) is 77.6 cm³/mol. The Bertz CT molecular complexity index is 410. The largest absolute Gasteiger partial charge is 0.533 e. The van der Waals surface area contributed by atoms with E-state index in [4.69, 9.17) is 9.57 Å². The quantitative estimate of drug-likeness (QED) is 0.603. The van der Waals surface area contributed by atoms with Crippen LogP contribution in [0.15, 0.2) is 24.3 Å². The molecule has 1 aromatic rings. The van der Waals surface area contributed by atoms with Crippen molar-refractivity contribution in [1.82, 2.24) is 5.06 Å². The molecule has 0 saturated carbocycles. The molecule has 0 unspecified atom stereocenters. The average molecular weight is 277 g/mol. The number of hydrogen-bond donors (Lipinski definition) is 0. The van der Waals surface area contributed by atoms with Gasteiger partial charge in [0.2, 0.25) is 0 Å². The third kappa shape index (κ3) is 4.85. The van der Waals surface area contributed by atoms with Gasteiger partial charge in [-0.1, -0.05) is 31.9 Å². The maximum absolute atomic E-state index is 11.7. The highest BCUT2D eigenvalue weighted by molar-refractivity contribution is 5.63. The Morgan fingerprint density at radius 2 is 1.85 bits per heavy atom. The lowest BCUT2D eigenvalue weighted by Gasteiger charge is -2.24. The molecule has 1 aromatic carbocycles. The van der Waals surface area contributed by atoms with Crippen molar-refractivity contribution < 1.29 is 14.4 Å². The molecule has 1 fully saturated rings. The van der Waals surface area contributed by atoms with Gasteiger partial charge in [-0.05, 0) is 43.4 Å². The van der Waals surface area contributed by atoms with Gasteiger partial charge in [0.15, 0.2) is 0 Å². The van der Waals surface area contributed by atoms with Gasteiger partial charge in [0.05, 0.1) is 0 Å². The summed E-state index contributed by atoms with van der Waals surface area (Å²) in [5, 5.41) is 1.68. The second-order valence-corrected chi connectivity index (χ2v) is 5.18. The fraction of sp³-hybridized carbons (Fsp3) is 0.562. The first kappa shape index (κ1) is 14.9. The third-order valence-corrected chi connectivity index (χ3v) is 3.46. The molecule has 20 heavy (non-hydrogen) atoms. The van der Waals surface area contributed by atoms with Gasteiger partial charge in [-0.15, -0.1) is 5.06 Å². The molecule has 0 spiro atoms. The van der Waals surface area contributed by atoms with Gasteiger partial charge < -0.3 is 9.57 Å². The van der Waals surface area contributed by atoms with Gasteiger partial charge in [0.1, 0.15) is 5.75 Å². The number of ether oxygens (including phenoxy) is 1.